The second-order valence-corrected chi connectivity index (χ2v) is 5.46. The van der Waals surface area contributed by atoms with Crippen molar-refractivity contribution in [3.05, 3.63) is 34.6 Å². The van der Waals surface area contributed by atoms with Gasteiger partial charge in [0.15, 0.2) is 5.78 Å². The first-order chi connectivity index (χ1) is 8.50. The predicted molar refractivity (Wildman–Crippen MR) is 70.2 cm³/mol. The SMILES string of the molecule is Cc1cc(C)c(C(=O)C2(CN)CCCC2)c(F)c1. The standard InChI is InChI=1S/C15H20FNO/c1-10-7-11(2)13(12(16)8-10)14(18)15(9-17)5-3-4-6-15/h7-8H,3-6,9,17H2,1-2H3. The van der Waals surface area contributed by atoms with Gasteiger partial charge in [-0.05, 0) is 43.9 Å². The molecule has 2 nitrogen and oxygen atoms in total. The van der Waals surface area contributed by atoms with Gasteiger partial charge in [0.1, 0.15) is 5.82 Å². The van der Waals surface area contributed by atoms with Gasteiger partial charge in [-0.15, -0.1) is 0 Å². The number of carbonyl (C=O) groups is 1. The van der Waals surface area contributed by atoms with E-state index >= 15 is 0 Å². The van der Waals surface area contributed by atoms with Crippen LogP contribution < -0.4 is 5.73 Å². The Morgan fingerprint density at radius 3 is 2.44 bits per heavy atom. The zero-order valence-electron chi connectivity index (χ0n) is 11.1. The van der Waals surface area contributed by atoms with Gasteiger partial charge in [-0.2, -0.15) is 0 Å². The Hall–Kier alpha value is -1.22. The first-order valence-corrected chi connectivity index (χ1v) is 6.52. The zero-order chi connectivity index (χ0) is 13.3. The van der Waals surface area contributed by atoms with Crippen LogP contribution in [0.3, 0.4) is 0 Å². The fraction of sp³-hybridized carbons (Fsp3) is 0.533. The number of halogens is 1. The number of benzene rings is 1. The van der Waals surface area contributed by atoms with Crippen molar-refractivity contribution in [2.75, 3.05) is 6.54 Å². The molecule has 0 bridgehead atoms. The van der Waals surface area contributed by atoms with E-state index in [4.69, 9.17) is 5.73 Å². The van der Waals surface area contributed by atoms with Gasteiger partial charge in [-0.25, -0.2) is 4.39 Å². The van der Waals surface area contributed by atoms with Crippen LogP contribution in [-0.4, -0.2) is 12.3 Å². The van der Waals surface area contributed by atoms with Crippen LogP contribution in [-0.2, 0) is 0 Å². The lowest BCUT2D eigenvalue weighted by Crippen LogP contribution is -2.37. The molecule has 0 saturated heterocycles. The van der Waals surface area contributed by atoms with E-state index in [-0.39, 0.29) is 11.3 Å². The summed E-state index contributed by atoms with van der Waals surface area (Å²) in [5.41, 5.74) is 7.07. The average molecular weight is 249 g/mol. The third-order valence-electron chi connectivity index (χ3n) is 4.09. The van der Waals surface area contributed by atoms with Gasteiger partial charge < -0.3 is 5.73 Å². The van der Waals surface area contributed by atoms with Gasteiger partial charge in [0.2, 0.25) is 0 Å². The minimum absolute atomic E-state index is 0.0995. The van der Waals surface area contributed by atoms with Crippen LogP contribution in [0.2, 0.25) is 0 Å². The molecule has 0 amide bonds. The molecule has 98 valence electrons. The van der Waals surface area contributed by atoms with Crippen molar-refractivity contribution in [3.8, 4) is 0 Å². The Bertz CT molecular complexity index is 452. The van der Waals surface area contributed by atoms with Crippen LogP contribution in [0.5, 0.6) is 0 Å². The summed E-state index contributed by atoms with van der Waals surface area (Å²) in [4.78, 5) is 12.6. The minimum atomic E-state index is -0.527. The number of aryl methyl sites for hydroxylation is 2. The van der Waals surface area contributed by atoms with Crippen LogP contribution in [0.4, 0.5) is 4.39 Å². The Balaban J connectivity index is 2.46. The van der Waals surface area contributed by atoms with E-state index in [1.54, 1.807) is 6.92 Å². The van der Waals surface area contributed by atoms with Crippen molar-refractivity contribution >= 4 is 5.78 Å². The molecule has 2 N–H and O–H groups in total. The highest BCUT2D eigenvalue weighted by Crippen LogP contribution is 2.41. The first-order valence-electron chi connectivity index (χ1n) is 6.52. The van der Waals surface area contributed by atoms with Crippen LogP contribution in [0.15, 0.2) is 12.1 Å². The summed E-state index contributed by atoms with van der Waals surface area (Å²) in [5.74, 6) is -0.505. The average Bonchev–Trinajstić information content (AvgIpc) is 2.77. The molecule has 1 saturated carbocycles. The van der Waals surface area contributed by atoms with Crippen molar-refractivity contribution in [2.24, 2.45) is 11.1 Å². The summed E-state index contributed by atoms with van der Waals surface area (Å²) in [6.45, 7) is 3.94. The molecule has 1 aliphatic carbocycles. The Labute approximate surface area is 107 Å². The van der Waals surface area contributed by atoms with Crippen molar-refractivity contribution in [2.45, 2.75) is 39.5 Å². The van der Waals surface area contributed by atoms with E-state index in [2.05, 4.69) is 0 Å². The summed E-state index contributed by atoms with van der Waals surface area (Å²) in [7, 11) is 0. The van der Waals surface area contributed by atoms with E-state index in [9.17, 15) is 9.18 Å². The van der Waals surface area contributed by atoms with Crippen molar-refractivity contribution in [1.29, 1.82) is 0 Å². The molecule has 0 unspecified atom stereocenters. The number of hydrogen-bond donors (Lipinski definition) is 1. The van der Waals surface area contributed by atoms with E-state index in [0.29, 0.717) is 6.54 Å². The summed E-state index contributed by atoms with van der Waals surface area (Å²) in [5, 5.41) is 0. The predicted octanol–water partition coefficient (Wildman–Crippen LogP) is 3.14. The second-order valence-electron chi connectivity index (χ2n) is 5.46. The molecular formula is C15H20FNO. The number of rotatable bonds is 3. The second kappa shape index (κ2) is 4.81. The molecule has 0 radical (unpaired) electrons. The summed E-state index contributed by atoms with van der Waals surface area (Å²) >= 11 is 0. The van der Waals surface area contributed by atoms with Crippen LogP contribution in [0.25, 0.3) is 0 Å². The first kappa shape index (κ1) is 13.2. The van der Waals surface area contributed by atoms with Crippen molar-refractivity contribution in [1.82, 2.24) is 0 Å². The Kier molecular flexibility index (Phi) is 3.53. The van der Waals surface area contributed by atoms with Crippen molar-refractivity contribution < 1.29 is 9.18 Å². The quantitative estimate of drug-likeness (QED) is 0.836. The number of carbonyl (C=O) groups excluding carboxylic acids is 1. The highest BCUT2D eigenvalue weighted by Gasteiger charge is 2.41. The van der Waals surface area contributed by atoms with E-state index < -0.39 is 11.2 Å². The molecule has 1 aromatic carbocycles. The van der Waals surface area contributed by atoms with E-state index in [1.807, 2.05) is 13.0 Å². The zero-order valence-corrected chi connectivity index (χ0v) is 11.1. The maximum atomic E-state index is 14.1. The molecular weight excluding hydrogens is 229 g/mol. The van der Waals surface area contributed by atoms with Gasteiger partial charge in [0, 0.05) is 12.0 Å². The summed E-state index contributed by atoms with van der Waals surface area (Å²) < 4.78 is 14.1. The van der Waals surface area contributed by atoms with Crippen molar-refractivity contribution in [3.63, 3.8) is 0 Å². The smallest absolute Gasteiger partial charge is 0.173 e. The van der Waals surface area contributed by atoms with Gasteiger partial charge in [-0.3, -0.25) is 4.79 Å². The highest BCUT2D eigenvalue weighted by molar-refractivity contribution is 6.02. The molecule has 18 heavy (non-hydrogen) atoms. The third kappa shape index (κ3) is 2.07. The lowest BCUT2D eigenvalue weighted by molar-refractivity contribution is 0.0804. The van der Waals surface area contributed by atoms with Crippen LogP contribution in [0.1, 0.15) is 47.2 Å². The Morgan fingerprint density at radius 2 is 1.94 bits per heavy atom. The summed E-state index contributed by atoms with van der Waals surface area (Å²) in [6.07, 6.45) is 3.59. The number of nitrogens with two attached hydrogens (primary N) is 1. The van der Waals surface area contributed by atoms with Crippen LogP contribution in [0, 0.1) is 25.1 Å². The van der Waals surface area contributed by atoms with Crippen LogP contribution >= 0.6 is 0 Å². The monoisotopic (exact) mass is 249 g/mol. The van der Waals surface area contributed by atoms with E-state index in [0.717, 1.165) is 36.8 Å². The molecule has 0 heterocycles. The summed E-state index contributed by atoms with van der Waals surface area (Å²) in [6, 6.07) is 3.29. The molecule has 1 aromatic rings. The molecule has 1 aliphatic rings. The molecule has 0 aromatic heterocycles. The minimum Gasteiger partial charge on any atom is -0.329 e. The van der Waals surface area contributed by atoms with Gasteiger partial charge >= 0.3 is 0 Å². The topological polar surface area (TPSA) is 43.1 Å². The number of hydrogen-bond acceptors (Lipinski definition) is 2. The van der Waals surface area contributed by atoms with Gasteiger partial charge in [0.25, 0.3) is 0 Å². The Morgan fingerprint density at radius 1 is 1.33 bits per heavy atom. The maximum Gasteiger partial charge on any atom is 0.173 e. The van der Waals surface area contributed by atoms with E-state index in [1.165, 1.54) is 6.07 Å². The maximum absolute atomic E-state index is 14.1. The number of Topliss-reactive ketones (excluding diaryl/α,β-unsaturated/α-hetero) is 1. The lowest BCUT2D eigenvalue weighted by Gasteiger charge is -2.26. The largest absolute Gasteiger partial charge is 0.329 e. The fourth-order valence-electron chi connectivity index (χ4n) is 3.04. The fourth-order valence-corrected chi connectivity index (χ4v) is 3.04. The molecule has 0 atom stereocenters. The third-order valence-corrected chi connectivity index (χ3v) is 4.09. The molecule has 2 rings (SSSR count). The molecule has 0 aliphatic heterocycles. The highest BCUT2D eigenvalue weighted by atomic mass is 19.1. The number of ketones is 1. The molecule has 3 heteroatoms. The molecule has 0 spiro atoms. The van der Waals surface area contributed by atoms with Gasteiger partial charge in [-0.1, -0.05) is 18.9 Å². The molecule has 1 fully saturated rings. The van der Waals surface area contributed by atoms with Gasteiger partial charge in [0.05, 0.1) is 5.56 Å². The normalized spacial score (nSPS) is 18.0. The lowest BCUT2D eigenvalue weighted by atomic mass is 9.77.